The predicted octanol–water partition coefficient (Wildman–Crippen LogP) is 2.04. The molecule has 0 unspecified atom stereocenters. The van der Waals surface area contributed by atoms with Crippen molar-refractivity contribution < 1.29 is 22.5 Å². The molecule has 0 aliphatic heterocycles. The number of nitrogens with one attached hydrogen (secondary N) is 1. The predicted molar refractivity (Wildman–Crippen MR) is 74.3 cm³/mol. The standard InChI is InChI=1S/C13H12N2O5S/c1-10-4-6-12(7-5-10)21(17,18)15-13(16)20-14-9-11-3-2-8-19-11/h2-9H,1H3,(H,15,16)/b14-9+. The first-order valence-electron chi connectivity index (χ1n) is 5.85. The Kier molecular flexibility index (Phi) is 4.39. The van der Waals surface area contributed by atoms with Crippen molar-refractivity contribution in [2.75, 3.05) is 0 Å². The molecule has 2 aromatic rings. The molecule has 0 radical (unpaired) electrons. The quantitative estimate of drug-likeness (QED) is 0.529. The van der Waals surface area contributed by atoms with Crippen molar-refractivity contribution >= 4 is 22.3 Å². The third kappa shape index (κ3) is 4.18. The fraction of sp³-hybridized carbons (Fsp3) is 0.0769. The third-order valence-electron chi connectivity index (χ3n) is 2.41. The van der Waals surface area contributed by atoms with E-state index in [0.29, 0.717) is 5.76 Å². The first-order valence-corrected chi connectivity index (χ1v) is 7.33. The highest BCUT2D eigenvalue weighted by atomic mass is 32.2. The Labute approximate surface area is 121 Å². The topological polar surface area (TPSA) is 98.0 Å². The van der Waals surface area contributed by atoms with Crippen LogP contribution in [0.4, 0.5) is 4.79 Å². The number of hydrogen-bond acceptors (Lipinski definition) is 6. The Morgan fingerprint density at radius 1 is 1.29 bits per heavy atom. The van der Waals surface area contributed by atoms with Crippen molar-refractivity contribution in [2.45, 2.75) is 11.8 Å². The van der Waals surface area contributed by atoms with Crippen molar-refractivity contribution in [1.82, 2.24) is 4.72 Å². The minimum Gasteiger partial charge on any atom is -0.463 e. The molecular weight excluding hydrogens is 296 g/mol. The molecule has 8 heteroatoms. The second kappa shape index (κ2) is 6.23. The van der Waals surface area contributed by atoms with Gasteiger partial charge in [0.05, 0.1) is 11.2 Å². The van der Waals surface area contributed by atoms with Crippen LogP contribution < -0.4 is 4.72 Å². The maximum absolute atomic E-state index is 11.9. The van der Waals surface area contributed by atoms with Crippen molar-refractivity contribution in [2.24, 2.45) is 5.16 Å². The SMILES string of the molecule is Cc1ccc(S(=O)(=O)NC(=O)O/N=C/c2ccco2)cc1. The molecule has 1 heterocycles. The molecule has 0 aliphatic rings. The van der Waals surface area contributed by atoms with Crippen molar-refractivity contribution in [1.29, 1.82) is 0 Å². The molecule has 0 atom stereocenters. The molecule has 1 aromatic heterocycles. The second-order valence-electron chi connectivity index (χ2n) is 4.05. The van der Waals surface area contributed by atoms with E-state index in [4.69, 9.17) is 4.42 Å². The first-order chi connectivity index (χ1) is 9.97. The highest BCUT2D eigenvalue weighted by Gasteiger charge is 2.18. The molecule has 2 rings (SSSR count). The summed E-state index contributed by atoms with van der Waals surface area (Å²) < 4.78 is 30.4. The van der Waals surface area contributed by atoms with Crippen molar-refractivity contribution in [3.8, 4) is 0 Å². The van der Waals surface area contributed by atoms with Crippen LogP contribution in [0.15, 0.2) is 57.1 Å². The number of furan rings is 1. The van der Waals surface area contributed by atoms with Gasteiger partial charge in [0.15, 0.2) is 0 Å². The molecule has 0 spiro atoms. The molecule has 0 fully saturated rings. The van der Waals surface area contributed by atoms with E-state index in [-0.39, 0.29) is 4.90 Å². The molecule has 0 saturated carbocycles. The maximum Gasteiger partial charge on any atom is 0.447 e. The number of nitrogens with zero attached hydrogens (tertiary/aromatic N) is 1. The van der Waals surface area contributed by atoms with Gasteiger partial charge in [-0.05, 0) is 31.2 Å². The smallest absolute Gasteiger partial charge is 0.447 e. The number of amides is 1. The summed E-state index contributed by atoms with van der Waals surface area (Å²) in [5.74, 6) is 0.365. The van der Waals surface area contributed by atoms with Gasteiger partial charge in [-0.2, -0.15) is 0 Å². The molecule has 0 aliphatic carbocycles. The van der Waals surface area contributed by atoms with Gasteiger partial charge in [0.25, 0.3) is 10.0 Å². The molecule has 7 nitrogen and oxygen atoms in total. The molecule has 21 heavy (non-hydrogen) atoms. The van der Waals surface area contributed by atoms with Crippen LogP contribution >= 0.6 is 0 Å². The first kappa shape index (κ1) is 14.8. The van der Waals surface area contributed by atoms with Gasteiger partial charge in [0.2, 0.25) is 0 Å². The van der Waals surface area contributed by atoms with Crippen LogP contribution in [-0.2, 0) is 14.9 Å². The van der Waals surface area contributed by atoms with Gasteiger partial charge in [-0.1, -0.05) is 22.9 Å². The fourth-order valence-corrected chi connectivity index (χ4v) is 2.26. The lowest BCUT2D eigenvalue weighted by atomic mass is 10.2. The second-order valence-corrected chi connectivity index (χ2v) is 5.73. The zero-order valence-electron chi connectivity index (χ0n) is 11.0. The summed E-state index contributed by atoms with van der Waals surface area (Å²) in [6, 6.07) is 9.23. The largest absolute Gasteiger partial charge is 0.463 e. The fourth-order valence-electron chi connectivity index (χ4n) is 1.40. The number of aryl methyl sites for hydroxylation is 1. The molecule has 0 bridgehead atoms. The lowest BCUT2D eigenvalue weighted by molar-refractivity contribution is 0.158. The molecule has 1 aromatic carbocycles. The minimum absolute atomic E-state index is 0.0416. The zero-order valence-corrected chi connectivity index (χ0v) is 11.8. The number of benzene rings is 1. The van der Waals surface area contributed by atoms with Gasteiger partial charge in [-0.25, -0.2) is 17.9 Å². The van der Waals surface area contributed by atoms with E-state index >= 15 is 0 Å². The van der Waals surface area contributed by atoms with Gasteiger partial charge in [0.1, 0.15) is 12.0 Å². The van der Waals surface area contributed by atoms with E-state index in [2.05, 4.69) is 9.99 Å². The Balaban J connectivity index is 1.96. The molecule has 1 N–H and O–H groups in total. The number of sulfonamides is 1. The van der Waals surface area contributed by atoms with Gasteiger partial charge in [0, 0.05) is 0 Å². The highest BCUT2D eigenvalue weighted by Crippen LogP contribution is 2.09. The van der Waals surface area contributed by atoms with Crippen molar-refractivity contribution in [3.63, 3.8) is 0 Å². The van der Waals surface area contributed by atoms with E-state index in [1.165, 1.54) is 18.4 Å². The maximum atomic E-state index is 11.9. The van der Waals surface area contributed by atoms with Gasteiger partial charge in [-0.15, -0.1) is 0 Å². The Morgan fingerprint density at radius 3 is 2.62 bits per heavy atom. The van der Waals surface area contributed by atoms with E-state index in [1.54, 1.807) is 29.0 Å². The van der Waals surface area contributed by atoms with Crippen LogP contribution in [0.2, 0.25) is 0 Å². The zero-order chi connectivity index (χ0) is 15.3. The summed E-state index contributed by atoms with van der Waals surface area (Å²) >= 11 is 0. The summed E-state index contributed by atoms with van der Waals surface area (Å²) in [5.41, 5.74) is 0.902. The summed E-state index contributed by atoms with van der Waals surface area (Å²) in [6.45, 7) is 1.82. The number of hydrogen-bond donors (Lipinski definition) is 1. The minimum atomic E-state index is -3.98. The van der Waals surface area contributed by atoms with E-state index in [0.717, 1.165) is 11.8 Å². The summed E-state index contributed by atoms with van der Waals surface area (Å²) in [7, 11) is -3.98. The number of carbonyl (C=O) groups is 1. The van der Waals surface area contributed by atoms with E-state index in [9.17, 15) is 13.2 Å². The normalized spacial score (nSPS) is 11.5. The van der Waals surface area contributed by atoms with Crippen molar-refractivity contribution in [3.05, 3.63) is 54.0 Å². The average molecular weight is 308 g/mol. The molecule has 0 saturated heterocycles. The molecule has 1 amide bonds. The number of rotatable bonds is 4. The summed E-state index contributed by atoms with van der Waals surface area (Å²) in [5, 5.41) is 3.31. The number of oxime groups is 1. The third-order valence-corrected chi connectivity index (χ3v) is 3.74. The van der Waals surface area contributed by atoms with E-state index < -0.39 is 16.1 Å². The van der Waals surface area contributed by atoms with Crippen LogP contribution in [0.3, 0.4) is 0 Å². The molecular formula is C13H12N2O5S. The van der Waals surface area contributed by atoms with E-state index in [1.807, 2.05) is 6.92 Å². The lowest BCUT2D eigenvalue weighted by Gasteiger charge is -2.04. The Morgan fingerprint density at radius 2 is 2.00 bits per heavy atom. The lowest BCUT2D eigenvalue weighted by Crippen LogP contribution is -2.30. The van der Waals surface area contributed by atoms with Gasteiger partial charge < -0.3 is 4.42 Å². The van der Waals surface area contributed by atoms with Crippen LogP contribution in [0, 0.1) is 6.92 Å². The summed E-state index contributed by atoms with van der Waals surface area (Å²) in [4.78, 5) is 15.7. The Bertz CT molecular complexity index is 733. The Hall–Kier alpha value is -2.61. The highest BCUT2D eigenvalue weighted by molar-refractivity contribution is 7.90. The van der Waals surface area contributed by atoms with Gasteiger partial charge in [-0.3, -0.25) is 4.84 Å². The number of carbonyl (C=O) groups excluding carboxylic acids is 1. The van der Waals surface area contributed by atoms with Crippen LogP contribution in [-0.4, -0.2) is 20.7 Å². The average Bonchev–Trinajstić information content (AvgIpc) is 2.92. The molecule has 110 valence electrons. The monoisotopic (exact) mass is 308 g/mol. The van der Waals surface area contributed by atoms with Crippen LogP contribution in [0.25, 0.3) is 0 Å². The summed E-state index contributed by atoms with van der Waals surface area (Å²) in [6.07, 6.45) is 1.35. The van der Waals surface area contributed by atoms with Crippen LogP contribution in [0.5, 0.6) is 0 Å². The van der Waals surface area contributed by atoms with Gasteiger partial charge >= 0.3 is 6.09 Å². The van der Waals surface area contributed by atoms with Crippen LogP contribution in [0.1, 0.15) is 11.3 Å².